The molecule has 0 aromatic carbocycles. The van der Waals surface area contributed by atoms with Gasteiger partial charge in [-0.05, 0) is 19.3 Å². The summed E-state index contributed by atoms with van der Waals surface area (Å²) >= 11 is 0. The van der Waals surface area contributed by atoms with Gasteiger partial charge >= 0.3 is 0 Å². The summed E-state index contributed by atoms with van der Waals surface area (Å²) in [5.41, 5.74) is -0.0496. The lowest BCUT2D eigenvalue weighted by molar-refractivity contribution is 0.0359. The van der Waals surface area contributed by atoms with Crippen molar-refractivity contribution in [2.75, 3.05) is 13.2 Å². The third kappa shape index (κ3) is 3.31. The first-order valence-electron chi connectivity index (χ1n) is 5.82. The Kier molecular flexibility index (Phi) is 4.97. The van der Waals surface area contributed by atoms with Crippen molar-refractivity contribution in [1.82, 2.24) is 0 Å². The number of ether oxygens (including phenoxy) is 1. The van der Waals surface area contributed by atoms with Crippen LogP contribution in [0.15, 0.2) is 0 Å². The molecule has 0 spiro atoms. The van der Waals surface area contributed by atoms with Gasteiger partial charge in [-0.1, -0.05) is 32.6 Å². The molecule has 0 unspecified atom stereocenters. The van der Waals surface area contributed by atoms with Gasteiger partial charge in [0.1, 0.15) is 0 Å². The Hall–Kier alpha value is -0.550. The molecular weight excluding hydrogens is 174 g/mol. The predicted octanol–water partition coefficient (Wildman–Crippen LogP) is 3.28. The van der Waals surface area contributed by atoms with Crippen molar-refractivity contribution in [3.8, 4) is 6.07 Å². The van der Waals surface area contributed by atoms with E-state index in [0.29, 0.717) is 0 Å². The number of unbranched alkanes of at least 4 members (excludes halogenated alkanes) is 3. The average molecular weight is 195 g/mol. The fraction of sp³-hybridized carbons (Fsp3) is 0.917. The summed E-state index contributed by atoms with van der Waals surface area (Å²) < 4.78 is 5.30. The molecule has 1 aliphatic heterocycles. The molecule has 1 saturated heterocycles. The number of hydrogen-bond donors (Lipinski definition) is 0. The van der Waals surface area contributed by atoms with Crippen LogP contribution in [0, 0.1) is 16.7 Å². The highest BCUT2D eigenvalue weighted by atomic mass is 16.5. The fourth-order valence-corrected chi connectivity index (χ4v) is 2.07. The maximum Gasteiger partial charge on any atom is 0.0691 e. The first-order chi connectivity index (χ1) is 6.83. The van der Waals surface area contributed by atoms with E-state index in [-0.39, 0.29) is 5.41 Å². The lowest BCUT2D eigenvalue weighted by atomic mass is 9.77. The fourth-order valence-electron chi connectivity index (χ4n) is 2.07. The Labute approximate surface area is 87.3 Å². The van der Waals surface area contributed by atoms with E-state index in [2.05, 4.69) is 13.0 Å². The Bertz CT molecular complexity index is 189. The highest BCUT2D eigenvalue weighted by Crippen LogP contribution is 2.35. The van der Waals surface area contributed by atoms with E-state index >= 15 is 0 Å². The van der Waals surface area contributed by atoms with E-state index in [1.807, 2.05) is 0 Å². The molecule has 14 heavy (non-hydrogen) atoms. The Morgan fingerprint density at radius 2 is 1.93 bits per heavy atom. The molecule has 80 valence electrons. The van der Waals surface area contributed by atoms with Crippen LogP contribution in [0.4, 0.5) is 0 Å². The molecule has 1 rings (SSSR count). The van der Waals surface area contributed by atoms with Gasteiger partial charge in [0, 0.05) is 13.2 Å². The van der Waals surface area contributed by atoms with Crippen LogP contribution in [-0.2, 0) is 4.74 Å². The van der Waals surface area contributed by atoms with Crippen LogP contribution in [0.25, 0.3) is 0 Å². The van der Waals surface area contributed by atoms with Gasteiger partial charge in [-0.15, -0.1) is 0 Å². The van der Waals surface area contributed by atoms with Gasteiger partial charge in [0.2, 0.25) is 0 Å². The molecule has 0 aromatic heterocycles. The second-order valence-electron chi connectivity index (χ2n) is 4.32. The zero-order valence-corrected chi connectivity index (χ0v) is 9.22. The summed E-state index contributed by atoms with van der Waals surface area (Å²) in [6.07, 6.45) is 8.01. The number of rotatable bonds is 5. The molecule has 0 saturated carbocycles. The van der Waals surface area contributed by atoms with Crippen molar-refractivity contribution in [2.45, 2.75) is 51.9 Å². The van der Waals surface area contributed by atoms with Crippen LogP contribution < -0.4 is 0 Å². The quantitative estimate of drug-likeness (QED) is 0.631. The van der Waals surface area contributed by atoms with Crippen LogP contribution >= 0.6 is 0 Å². The summed E-state index contributed by atoms with van der Waals surface area (Å²) in [5, 5.41) is 9.19. The second-order valence-corrected chi connectivity index (χ2v) is 4.32. The molecule has 1 heterocycles. The van der Waals surface area contributed by atoms with Gasteiger partial charge in [0.15, 0.2) is 0 Å². The standard InChI is InChI=1S/C12H21NO/c1-2-3-4-5-6-12(11-13)7-9-14-10-8-12/h2-10H2,1H3. The highest BCUT2D eigenvalue weighted by molar-refractivity contribution is 4.99. The average Bonchev–Trinajstić information content (AvgIpc) is 2.26. The van der Waals surface area contributed by atoms with E-state index in [1.165, 1.54) is 25.7 Å². The highest BCUT2D eigenvalue weighted by Gasteiger charge is 2.31. The molecule has 0 aromatic rings. The minimum Gasteiger partial charge on any atom is -0.381 e. The lowest BCUT2D eigenvalue weighted by Crippen LogP contribution is -2.28. The maximum atomic E-state index is 9.19. The molecule has 2 nitrogen and oxygen atoms in total. The van der Waals surface area contributed by atoms with Crippen LogP contribution in [0.1, 0.15) is 51.9 Å². The van der Waals surface area contributed by atoms with Crippen LogP contribution in [-0.4, -0.2) is 13.2 Å². The monoisotopic (exact) mass is 195 g/mol. The van der Waals surface area contributed by atoms with Crippen molar-refractivity contribution in [3.63, 3.8) is 0 Å². The normalized spacial score (nSPS) is 20.3. The van der Waals surface area contributed by atoms with Gasteiger partial charge in [0.05, 0.1) is 11.5 Å². The van der Waals surface area contributed by atoms with E-state index in [9.17, 15) is 5.26 Å². The first kappa shape index (κ1) is 11.5. The molecule has 0 amide bonds. The molecule has 0 atom stereocenters. The zero-order chi connectivity index (χ0) is 10.3. The maximum absolute atomic E-state index is 9.19. The molecule has 0 N–H and O–H groups in total. The van der Waals surface area contributed by atoms with E-state index in [4.69, 9.17) is 4.74 Å². The largest absolute Gasteiger partial charge is 0.381 e. The summed E-state index contributed by atoms with van der Waals surface area (Å²) in [5.74, 6) is 0. The van der Waals surface area contributed by atoms with Crippen molar-refractivity contribution in [1.29, 1.82) is 5.26 Å². The Morgan fingerprint density at radius 1 is 1.21 bits per heavy atom. The van der Waals surface area contributed by atoms with Gasteiger partial charge in [-0.2, -0.15) is 5.26 Å². The van der Waals surface area contributed by atoms with Crippen molar-refractivity contribution in [2.24, 2.45) is 5.41 Å². The molecule has 0 bridgehead atoms. The third-order valence-electron chi connectivity index (χ3n) is 3.20. The smallest absolute Gasteiger partial charge is 0.0691 e. The van der Waals surface area contributed by atoms with Crippen molar-refractivity contribution >= 4 is 0 Å². The van der Waals surface area contributed by atoms with Gasteiger partial charge in [-0.25, -0.2) is 0 Å². The lowest BCUT2D eigenvalue weighted by Gasteiger charge is -2.30. The predicted molar refractivity (Wildman–Crippen MR) is 56.9 cm³/mol. The van der Waals surface area contributed by atoms with Crippen LogP contribution in [0.5, 0.6) is 0 Å². The van der Waals surface area contributed by atoms with Gasteiger partial charge in [0.25, 0.3) is 0 Å². The summed E-state index contributed by atoms with van der Waals surface area (Å²) in [6.45, 7) is 3.77. The molecule has 1 fully saturated rings. The number of hydrogen-bond acceptors (Lipinski definition) is 2. The van der Waals surface area contributed by atoms with Crippen molar-refractivity contribution < 1.29 is 4.74 Å². The van der Waals surface area contributed by atoms with E-state index in [0.717, 1.165) is 32.5 Å². The first-order valence-corrected chi connectivity index (χ1v) is 5.82. The molecule has 1 aliphatic rings. The van der Waals surface area contributed by atoms with E-state index in [1.54, 1.807) is 0 Å². The summed E-state index contributed by atoms with van der Waals surface area (Å²) in [4.78, 5) is 0. The third-order valence-corrected chi connectivity index (χ3v) is 3.20. The molecular formula is C12H21NO. The van der Waals surface area contributed by atoms with E-state index < -0.39 is 0 Å². The number of nitriles is 1. The minimum atomic E-state index is -0.0496. The Morgan fingerprint density at radius 3 is 2.50 bits per heavy atom. The van der Waals surface area contributed by atoms with Gasteiger partial charge in [-0.3, -0.25) is 0 Å². The summed E-state index contributed by atoms with van der Waals surface area (Å²) in [7, 11) is 0. The molecule has 2 heteroatoms. The Balaban J connectivity index is 2.26. The van der Waals surface area contributed by atoms with Crippen molar-refractivity contribution in [3.05, 3.63) is 0 Å². The number of nitrogens with zero attached hydrogens (tertiary/aromatic N) is 1. The molecule has 0 aliphatic carbocycles. The summed E-state index contributed by atoms with van der Waals surface area (Å²) in [6, 6.07) is 2.51. The van der Waals surface area contributed by atoms with Gasteiger partial charge < -0.3 is 4.74 Å². The van der Waals surface area contributed by atoms with Crippen LogP contribution in [0.3, 0.4) is 0 Å². The zero-order valence-electron chi connectivity index (χ0n) is 9.22. The van der Waals surface area contributed by atoms with Crippen LogP contribution in [0.2, 0.25) is 0 Å². The second kappa shape index (κ2) is 6.03. The SMILES string of the molecule is CCCCCCC1(C#N)CCOCC1. The molecule has 0 radical (unpaired) electrons. The topological polar surface area (TPSA) is 33.0 Å². The minimum absolute atomic E-state index is 0.0496.